The van der Waals surface area contributed by atoms with Crippen molar-refractivity contribution < 1.29 is 22.6 Å². The number of amides is 2. The molecule has 1 unspecified atom stereocenters. The fourth-order valence-corrected chi connectivity index (χ4v) is 2.42. The van der Waals surface area contributed by atoms with E-state index < -0.39 is 33.1 Å². The molecule has 100 valence electrons. The summed E-state index contributed by atoms with van der Waals surface area (Å²) in [5.41, 5.74) is 3.36. The zero-order valence-electron chi connectivity index (χ0n) is 9.08. The summed E-state index contributed by atoms with van der Waals surface area (Å²) >= 11 is 0. The predicted molar refractivity (Wildman–Crippen MR) is 60.8 cm³/mol. The summed E-state index contributed by atoms with van der Waals surface area (Å²) in [6.45, 7) is 0. The molecule has 7 N–H and O–H groups in total. The van der Waals surface area contributed by atoms with Crippen LogP contribution in [0, 0.1) is 0 Å². The summed E-state index contributed by atoms with van der Waals surface area (Å²) in [6.07, 6.45) is 2.79. The average molecular weight is 276 g/mol. The van der Waals surface area contributed by atoms with Crippen LogP contribution in [0.15, 0.2) is 23.8 Å². The maximum atomic E-state index is 11.6. The van der Waals surface area contributed by atoms with Gasteiger partial charge in [0.1, 0.15) is 0 Å². The Morgan fingerprint density at radius 1 is 1.33 bits per heavy atom. The molecule has 1 aliphatic carbocycles. The second-order valence-electron chi connectivity index (χ2n) is 3.54. The lowest BCUT2D eigenvalue weighted by atomic mass is 9.92. The van der Waals surface area contributed by atoms with Crippen molar-refractivity contribution in [3.8, 4) is 0 Å². The Morgan fingerprint density at radius 2 is 1.94 bits per heavy atom. The number of hydrogen-bond acceptors (Lipinski definition) is 6. The molecular formula is C8H12N4O5S. The summed E-state index contributed by atoms with van der Waals surface area (Å²) in [4.78, 5) is 22.9. The van der Waals surface area contributed by atoms with Gasteiger partial charge in [0.15, 0.2) is 4.75 Å². The van der Waals surface area contributed by atoms with Gasteiger partial charge in [0, 0.05) is 12.0 Å². The third-order valence-corrected chi connectivity index (χ3v) is 3.90. The molecular weight excluding hydrogens is 264 g/mol. The molecule has 1 atom stereocenters. The van der Waals surface area contributed by atoms with Gasteiger partial charge in [-0.3, -0.25) is 25.0 Å². The minimum Gasteiger partial charge on any atom is -0.293 e. The highest BCUT2D eigenvalue weighted by Gasteiger charge is 2.50. The van der Waals surface area contributed by atoms with Gasteiger partial charge in [-0.15, -0.1) is 0 Å². The lowest BCUT2D eigenvalue weighted by Gasteiger charge is -2.27. The molecule has 1 rings (SSSR count). The number of carbonyl (C=O) groups excluding carboxylic acids is 2. The van der Waals surface area contributed by atoms with Crippen LogP contribution < -0.4 is 22.5 Å². The zero-order chi connectivity index (χ0) is 14.0. The van der Waals surface area contributed by atoms with Crippen LogP contribution in [0.5, 0.6) is 0 Å². The van der Waals surface area contributed by atoms with E-state index in [-0.39, 0.29) is 5.57 Å². The second-order valence-corrected chi connectivity index (χ2v) is 5.22. The van der Waals surface area contributed by atoms with Crippen molar-refractivity contribution in [3.63, 3.8) is 0 Å². The third-order valence-electron chi connectivity index (χ3n) is 2.51. The van der Waals surface area contributed by atoms with Gasteiger partial charge in [-0.05, 0) is 0 Å². The number of nitrogens with two attached hydrogens (primary N) is 2. The van der Waals surface area contributed by atoms with Gasteiger partial charge in [-0.25, -0.2) is 11.7 Å². The van der Waals surface area contributed by atoms with E-state index in [0.717, 1.165) is 12.2 Å². The van der Waals surface area contributed by atoms with Crippen molar-refractivity contribution >= 4 is 21.9 Å². The number of allylic oxidation sites excluding steroid dienone is 2. The summed E-state index contributed by atoms with van der Waals surface area (Å²) in [6, 6.07) is 0. The molecule has 0 heterocycles. The highest BCUT2D eigenvalue weighted by atomic mass is 32.2. The Balaban J connectivity index is 3.28. The van der Waals surface area contributed by atoms with Crippen LogP contribution >= 0.6 is 0 Å². The number of rotatable bonds is 3. The fourth-order valence-electron chi connectivity index (χ4n) is 1.54. The Bertz CT molecular complexity index is 538. The molecule has 0 aliphatic heterocycles. The Labute approximate surface area is 103 Å². The molecule has 0 saturated heterocycles. The van der Waals surface area contributed by atoms with Gasteiger partial charge in [-0.1, -0.05) is 18.2 Å². The van der Waals surface area contributed by atoms with Gasteiger partial charge >= 0.3 is 0 Å². The van der Waals surface area contributed by atoms with E-state index in [0.29, 0.717) is 0 Å². The Morgan fingerprint density at radius 3 is 2.39 bits per heavy atom. The van der Waals surface area contributed by atoms with Crippen LogP contribution in [0.2, 0.25) is 0 Å². The third kappa shape index (κ3) is 2.26. The molecule has 0 saturated carbocycles. The molecule has 0 fully saturated rings. The SMILES string of the molecule is NNC(=O)C1=CC=CC(C(=O)NN)(S(=O)(=O)O)C1. The van der Waals surface area contributed by atoms with Gasteiger partial charge in [-0.2, -0.15) is 8.42 Å². The Kier molecular flexibility index (Phi) is 3.86. The van der Waals surface area contributed by atoms with Gasteiger partial charge in [0.2, 0.25) is 0 Å². The van der Waals surface area contributed by atoms with Gasteiger partial charge in [0.05, 0.1) is 0 Å². The predicted octanol–water partition coefficient (Wildman–Crippen LogP) is -2.52. The molecule has 0 radical (unpaired) electrons. The zero-order valence-corrected chi connectivity index (χ0v) is 9.90. The second kappa shape index (κ2) is 4.86. The lowest BCUT2D eigenvalue weighted by Crippen LogP contribution is -2.54. The van der Waals surface area contributed by atoms with E-state index in [1.54, 1.807) is 10.9 Å². The maximum absolute atomic E-state index is 11.6. The highest BCUT2D eigenvalue weighted by Crippen LogP contribution is 2.30. The monoisotopic (exact) mass is 276 g/mol. The molecule has 18 heavy (non-hydrogen) atoms. The van der Waals surface area contributed by atoms with Crippen molar-refractivity contribution in [1.82, 2.24) is 10.9 Å². The molecule has 0 aromatic carbocycles. The van der Waals surface area contributed by atoms with E-state index in [2.05, 4.69) is 0 Å². The normalized spacial score (nSPS) is 23.2. The van der Waals surface area contributed by atoms with E-state index >= 15 is 0 Å². The molecule has 0 bridgehead atoms. The van der Waals surface area contributed by atoms with Crippen molar-refractivity contribution in [1.29, 1.82) is 0 Å². The van der Waals surface area contributed by atoms with Crippen molar-refractivity contribution in [2.24, 2.45) is 11.7 Å². The van der Waals surface area contributed by atoms with Crippen LogP contribution in [0.4, 0.5) is 0 Å². The first-order chi connectivity index (χ1) is 8.28. The smallest absolute Gasteiger partial charge is 0.283 e. The van der Waals surface area contributed by atoms with Crippen LogP contribution in [0.1, 0.15) is 6.42 Å². The lowest BCUT2D eigenvalue weighted by molar-refractivity contribution is -0.122. The number of carbonyl (C=O) groups is 2. The van der Waals surface area contributed by atoms with E-state index in [1.165, 1.54) is 6.08 Å². The first-order valence-electron chi connectivity index (χ1n) is 4.66. The quantitative estimate of drug-likeness (QED) is 0.164. The molecule has 9 nitrogen and oxygen atoms in total. The van der Waals surface area contributed by atoms with Crippen molar-refractivity contribution in [3.05, 3.63) is 23.8 Å². The van der Waals surface area contributed by atoms with Crippen molar-refractivity contribution in [2.45, 2.75) is 11.2 Å². The van der Waals surface area contributed by atoms with E-state index in [1.807, 2.05) is 0 Å². The molecule has 0 spiro atoms. The van der Waals surface area contributed by atoms with Crippen LogP contribution in [-0.2, 0) is 19.7 Å². The summed E-state index contributed by atoms with van der Waals surface area (Å²) in [5, 5.41) is 0. The standard InChI is InChI=1S/C8H12N4O5S/c9-11-6(13)5-2-1-3-8(4-5,7(14)12-10)18(15,16)17/h1-3H,4,9-10H2,(H,11,13)(H,12,14)(H,15,16,17). The number of hydrazine groups is 2. The van der Waals surface area contributed by atoms with Gasteiger partial charge in [0.25, 0.3) is 21.9 Å². The van der Waals surface area contributed by atoms with Crippen molar-refractivity contribution in [2.75, 3.05) is 0 Å². The summed E-state index contributed by atoms with van der Waals surface area (Å²) < 4.78 is 29.6. The van der Waals surface area contributed by atoms with Gasteiger partial charge < -0.3 is 0 Å². The van der Waals surface area contributed by atoms with E-state index in [9.17, 15) is 22.6 Å². The molecule has 1 aliphatic rings. The first kappa shape index (κ1) is 14.3. The molecule has 10 heteroatoms. The maximum Gasteiger partial charge on any atom is 0.283 e. The van der Waals surface area contributed by atoms with Crippen LogP contribution in [0.3, 0.4) is 0 Å². The topological polar surface area (TPSA) is 165 Å². The molecule has 2 amide bonds. The minimum atomic E-state index is -4.81. The first-order valence-corrected chi connectivity index (χ1v) is 6.10. The fraction of sp³-hybridized carbons (Fsp3) is 0.250. The summed E-state index contributed by atoms with van der Waals surface area (Å²) in [7, 11) is -4.81. The molecule has 0 aromatic rings. The van der Waals surface area contributed by atoms with Crippen LogP contribution in [0.25, 0.3) is 0 Å². The number of nitrogens with one attached hydrogen (secondary N) is 2. The largest absolute Gasteiger partial charge is 0.293 e. The highest BCUT2D eigenvalue weighted by molar-refractivity contribution is 7.88. The Hall–Kier alpha value is -1.75. The molecule has 0 aromatic heterocycles. The number of hydrogen-bond donors (Lipinski definition) is 5. The minimum absolute atomic E-state index is 0.0822. The van der Waals surface area contributed by atoms with E-state index in [4.69, 9.17) is 11.7 Å². The average Bonchev–Trinajstić information content (AvgIpc) is 2.35. The summed E-state index contributed by atoms with van der Waals surface area (Å²) in [5.74, 6) is 7.87. The van der Waals surface area contributed by atoms with Crippen LogP contribution in [-0.4, -0.2) is 29.5 Å².